The van der Waals surface area contributed by atoms with E-state index in [0.717, 1.165) is 48.6 Å². The van der Waals surface area contributed by atoms with Crippen molar-refractivity contribution in [2.75, 3.05) is 18.0 Å². The van der Waals surface area contributed by atoms with Crippen molar-refractivity contribution >= 4 is 28.5 Å². The fraction of sp³-hybridized carbons (Fsp3) is 0.233. The van der Waals surface area contributed by atoms with E-state index in [0.29, 0.717) is 0 Å². The molecule has 5 rings (SSSR count). The number of benzene rings is 3. The number of carbonyl (C=O) groups is 2. The van der Waals surface area contributed by atoms with Gasteiger partial charge in [0.2, 0.25) is 0 Å². The van der Waals surface area contributed by atoms with E-state index in [1.54, 1.807) is 0 Å². The highest BCUT2D eigenvalue weighted by molar-refractivity contribution is 5.96. The molecule has 7 heteroatoms. The molecule has 0 atom stereocenters. The molecule has 0 bridgehead atoms. The van der Waals surface area contributed by atoms with Crippen LogP contribution in [0.1, 0.15) is 29.7 Å². The number of pyridine rings is 1. The van der Waals surface area contributed by atoms with E-state index in [-0.39, 0.29) is 12.8 Å². The molecule has 0 spiro atoms. The molecule has 190 valence electrons. The van der Waals surface area contributed by atoms with Crippen molar-refractivity contribution in [2.24, 2.45) is 0 Å². The molecule has 1 aromatic heterocycles. The van der Waals surface area contributed by atoms with Gasteiger partial charge in [0.05, 0.1) is 24.0 Å². The van der Waals surface area contributed by atoms with Crippen LogP contribution in [-0.2, 0) is 22.4 Å². The van der Waals surface area contributed by atoms with Crippen molar-refractivity contribution in [3.05, 3.63) is 95.7 Å². The lowest BCUT2D eigenvalue weighted by Crippen LogP contribution is -2.23. The summed E-state index contributed by atoms with van der Waals surface area (Å²) in [7, 11) is 0. The number of aryl methyl sites for hydroxylation is 1. The van der Waals surface area contributed by atoms with Gasteiger partial charge in [-0.3, -0.25) is 14.6 Å². The van der Waals surface area contributed by atoms with Crippen molar-refractivity contribution in [1.82, 2.24) is 4.98 Å². The molecule has 2 heterocycles. The number of fused-ring (bicyclic) bond motifs is 3. The molecular weight excluding hydrogens is 468 g/mol. The van der Waals surface area contributed by atoms with Gasteiger partial charge in [-0.2, -0.15) is 0 Å². The second-order valence-corrected chi connectivity index (χ2v) is 8.88. The smallest absolute Gasteiger partial charge is 0.303 e. The van der Waals surface area contributed by atoms with Gasteiger partial charge in [0.25, 0.3) is 0 Å². The zero-order valence-corrected chi connectivity index (χ0v) is 20.8. The van der Waals surface area contributed by atoms with Gasteiger partial charge in [-0.25, -0.2) is 0 Å². The first-order chi connectivity index (χ1) is 17.9. The molecule has 0 saturated carbocycles. The minimum Gasteiger partial charge on any atom is -0.481 e. The molecule has 7 nitrogen and oxygen atoms in total. The first-order valence-corrected chi connectivity index (χ1v) is 12.3. The van der Waals surface area contributed by atoms with E-state index in [4.69, 9.17) is 19.9 Å². The summed E-state index contributed by atoms with van der Waals surface area (Å²) in [5.74, 6) is -0.448. The Kier molecular flexibility index (Phi) is 8.36. The maximum atomic E-state index is 9.64. The number of rotatable bonds is 8. The number of aromatic nitrogens is 1. The minimum atomic E-state index is -1.08. The highest BCUT2D eigenvalue weighted by Gasteiger charge is 2.24. The Morgan fingerprint density at radius 3 is 2.19 bits per heavy atom. The number of aliphatic carboxylic acids is 2. The average Bonchev–Trinajstić information content (AvgIpc) is 3.33. The van der Waals surface area contributed by atoms with Gasteiger partial charge >= 0.3 is 11.9 Å². The minimum absolute atomic E-state index is 0.296. The predicted octanol–water partition coefficient (Wildman–Crippen LogP) is 5.88. The second-order valence-electron chi connectivity index (χ2n) is 8.88. The normalized spacial score (nSPS) is 12.0. The lowest BCUT2D eigenvalue weighted by Gasteiger charge is -2.22. The molecule has 0 saturated heterocycles. The highest BCUT2D eigenvalue weighted by Crippen LogP contribution is 2.38. The Balaban J connectivity index is 0.000000349. The van der Waals surface area contributed by atoms with Crippen LogP contribution in [0.25, 0.3) is 10.9 Å². The summed E-state index contributed by atoms with van der Waals surface area (Å²) in [6.45, 7) is 4.19. The van der Waals surface area contributed by atoms with Crippen molar-refractivity contribution in [3.63, 3.8) is 0 Å². The maximum Gasteiger partial charge on any atom is 0.303 e. The molecule has 4 aromatic rings. The van der Waals surface area contributed by atoms with Gasteiger partial charge in [-0.1, -0.05) is 48.5 Å². The van der Waals surface area contributed by atoms with E-state index < -0.39 is 11.9 Å². The Labute approximate surface area is 216 Å². The Morgan fingerprint density at radius 1 is 0.892 bits per heavy atom. The summed E-state index contributed by atoms with van der Waals surface area (Å²) in [6, 6.07) is 26.9. The van der Waals surface area contributed by atoms with E-state index in [9.17, 15) is 9.59 Å². The van der Waals surface area contributed by atoms with Crippen molar-refractivity contribution < 1.29 is 24.5 Å². The third-order valence-corrected chi connectivity index (χ3v) is 6.23. The molecule has 3 aromatic carbocycles. The highest BCUT2D eigenvalue weighted by atomic mass is 16.5. The summed E-state index contributed by atoms with van der Waals surface area (Å²) >= 11 is 0. The zero-order valence-electron chi connectivity index (χ0n) is 20.8. The van der Waals surface area contributed by atoms with Crippen LogP contribution >= 0.6 is 0 Å². The number of para-hydroxylation sites is 1. The average molecular weight is 499 g/mol. The molecule has 1 aliphatic heterocycles. The second kappa shape index (κ2) is 12.0. The SMILES string of the molecule is Cc1nc2ccc(Oc3ccccc3)cc2c2c1CCN2CCc1ccccc1.O=C(O)CCC(=O)O. The van der Waals surface area contributed by atoms with E-state index >= 15 is 0 Å². The largest absolute Gasteiger partial charge is 0.481 e. The van der Waals surface area contributed by atoms with E-state index in [1.165, 1.54) is 22.2 Å². The maximum absolute atomic E-state index is 9.64. The zero-order chi connectivity index (χ0) is 26.2. The van der Waals surface area contributed by atoms with Gasteiger partial charge in [0.1, 0.15) is 11.5 Å². The van der Waals surface area contributed by atoms with Gasteiger partial charge in [-0.15, -0.1) is 0 Å². The molecule has 37 heavy (non-hydrogen) atoms. The van der Waals surface area contributed by atoms with Gasteiger partial charge in [-0.05, 0) is 61.2 Å². The Morgan fingerprint density at radius 2 is 1.54 bits per heavy atom. The summed E-state index contributed by atoms with van der Waals surface area (Å²) < 4.78 is 6.09. The fourth-order valence-corrected chi connectivity index (χ4v) is 4.44. The van der Waals surface area contributed by atoms with Crippen LogP contribution in [0.5, 0.6) is 11.5 Å². The molecule has 0 unspecified atom stereocenters. The van der Waals surface area contributed by atoms with Crippen molar-refractivity contribution in [3.8, 4) is 11.5 Å². The fourth-order valence-electron chi connectivity index (χ4n) is 4.44. The molecule has 2 N–H and O–H groups in total. The number of hydrogen-bond donors (Lipinski definition) is 2. The lowest BCUT2D eigenvalue weighted by atomic mass is 10.1. The summed E-state index contributed by atoms with van der Waals surface area (Å²) in [6.07, 6.45) is 1.51. The first-order valence-electron chi connectivity index (χ1n) is 12.3. The predicted molar refractivity (Wildman–Crippen MR) is 144 cm³/mol. The van der Waals surface area contributed by atoms with Gasteiger partial charge < -0.3 is 19.8 Å². The van der Waals surface area contributed by atoms with Crippen LogP contribution in [-0.4, -0.2) is 40.2 Å². The number of hydrogen-bond acceptors (Lipinski definition) is 5. The van der Waals surface area contributed by atoms with Crippen LogP contribution in [0.15, 0.2) is 78.9 Å². The number of nitrogens with zero attached hydrogens (tertiary/aromatic N) is 2. The summed E-state index contributed by atoms with van der Waals surface area (Å²) in [4.78, 5) is 26.7. The molecule has 0 aliphatic carbocycles. The number of ether oxygens (including phenoxy) is 1. The first kappa shape index (κ1) is 25.7. The number of carboxylic acid groups (broad SMARTS) is 2. The summed E-state index contributed by atoms with van der Waals surface area (Å²) in [5, 5.41) is 17.0. The quantitative estimate of drug-likeness (QED) is 0.313. The van der Waals surface area contributed by atoms with Gasteiger partial charge in [0, 0.05) is 24.2 Å². The van der Waals surface area contributed by atoms with Crippen molar-refractivity contribution in [2.45, 2.75) is 32.6 Å². The molecule has 0 radical (unpaired) electrons. The van der Waals surface area contributed by atoms with Crippen LogP contribution in [0.4, 0.5) is 5.69 Å². The number of carboxylic acids is 2. The topological polar surface area (TPSA) is 100.0 Å². The Bertz CT molecular complexity index is 1360. The molecular formula is C30H30N2O5. The van der Waals surface area contributed by atoms with Crippen LogP contribution < -0.4 is 9.64 Å². The summed E-state index contributed by atoms with van der Waals surface area (Å²) in [5.41, 5.74) is 6.27. The van der Waals surface area contributed by atoms with E-state index in [1.807, 2.05) is 36.4 Å². The van der Waals surface area contributed by atoms with Crippen molar-refractivity contribution in [1.29, 1.82) is 0 Å². The standard InChI is InChI=1S/C26H24N2O.C4H6O4/c1-19-23-15-17-28(16-14-20-8-4-2-5-9-20)26(23)24-18-22(12-13-25(24)27-19)29-21-10-6-3-7-11-21;5-3(6)1-2-4(7)8/h2-13,18H,14-17H2,1H3;1-2H2,(H,5,6)(H,7,8). The third-order valence-electron chi connectivity index (χ3n) is 6.23. The molecule has 0 amide bonds. The van der Waals surface area contributed by atoms with Gasteiger partial charge in [0.15, 0.2) is 0 Å². The van der Waals surface area contributed by atoms with Crippen LogP contribution in [0.2, 0.25) is 0 Å². The number of anilines is 1. The third kappa shape index (κ3) is 6.85. The monoisotopic (exact) mass is 498 g/mol. The van der Waals surface area contributed by atoms with Crippen LogP contribution in [0, 0.1) is 6.92 Å². The molecule has 1 aliphatic rings. The van der Waals surface area contributed by atoms with E-state index in [2.05, 4.69) is 54.3 Å². The van der Waals surface area contributed by atoms with Crippen LogP contribution in [0.3, 0.4) is 0 Å². The molecule has 0 fully saturated rings. The Hall–Kier alpha value is -4.39. The lowest BCUT2D eigenvalue weighted by molar-refractivity contribution is -0.143.